The maximum Gasteiger partial charge on any atom is 0.179 e. The number of hydrogen-bond donors (Lipinski definition) is 1. The summed E-state index contributed by atoms with van der Waals surface area (Å²) in [6, 6.07) is 13.7. The second-order valence-corrected chi connectivity index (χ2v) is 4.22. The van der Waals surface area contributed by atoms with E-state index in [1.54, 1.807) is 0 Å². The number of nitrogens with one attached hydrogen (secondary N) is 1. The van der Waals surface area contributed by atoms with E-state index in [1.807, 2.05) is 42.5 Å². The highest BCUT2D eigenvalue weighted by atomic mass is 35.5. The zero-order valence-electron chi connectivity index (χ0n) is 9.03. The summed E-state index contributed by atoms with van der Waals surface area (Å²) in [7, 11) is 0. The molecule has 0 aliphatic carbocycles. The van der Waals surface area contributed by atoms with Crippen molar-refractivity contribution in [1.82, 2.24) is 4.98 Å². The smallest absolute Gasteiger partial charge is 0.179 e. The van der Waals surface area contributed by atoms with Gasteiger partial charge >= 0.3 is 0 Å². The molecule has 0 saturated heterocycles. The normalized spacial score (nSPS) is 11.1. The third-order valence-electron chi connectivity index (χ3n) is 2.96. The molecule has 0 amide bonds. The first-order chi connectivity index (χ1) is 8.31. The lowest BCUT2D eigenvalue weighted by molar-refractivity contribution is 0.102. The Morgan fingerprint density at radius 3 is 2.65 bits per heavy atom. The molecular weight excluding hydrogens is 234 g/mol. The van der Waals surface area contributed by atoms with Gasteiger partial charge in [0.15, 0.2) is 5.78 Å². The largest absolute Gasteiger partial charge is 0.354 e. The van der Waals surface area contributed by atoms with Gasteiger partial charge in [0.1, 0.15) is 0 Å². The highest BCUT2D eigenvalue weighted by Gasteiger charge is 2.12. The second kappa shape index (κ2) is 3.90. The van der Waals surface area contributed by atoms with E-state index in [2.05, 4.69) is 4.98 Å². The summed E-state index contributed by atoms with van der Waals surface area (Å²) in [4.78, 5) is 15.0. The monoisotopic (exact) mass is 243 g/mol. The predicted octanol–water partition coefficient (Wildman–Crippen LogP) is 3.74. The number of fused-ring (bicyclic) bond motifs is 3. The van der Waals surface area contributed by atoms with E-state index in [4.69, 9.17) is 11.6 Å². The van der Waals surface area contributed by atoms with Crippen molar-refractivity contribution in [1.29, 1.82) is 0 Å². The van der Waals surface area contributed by atoms with Crippen LogP contribution >= 0.6 is 11.6 Å². The van der Waals surface area contributed by atoms with Crippen LogP contribution in [-0.4, -0.2) is 16.6 Å². The van der Waals surface area contributed by atoms with Gasteiger partial charge in [0.25, 0.3) is 0 Å². The SMILES string of the molecule is O=C(CCl)c1cccc2c1[nH]c1ccccc12. The minimum atomic E-state index is -0.0520. The summed E-state index contributed by atoms with van der Waals surface area (Å²) in [6.07, 6.45) is 0. The molecule has 3 aromatic rings. The molecule has 0 fully saturated rings. The Hall–Kier alpha value is -1.80. The molecule has 0 spiro atoms. The Bertz CT molecular complexity index is 714. The highest BCUT2D eigenvalue weighted by molar-refractivity contribution is 6.32. The fourth-order valence-electron chi connectivity index (χ4n) is 2.18. The van der Waals surface area contributed by atoms with E-state index in [0.717, 1.165) is 21.8 Å². The van der Waals surface area contributed by atoms with Crippen LogP contribution in [0.5, 0.6) is 0 Å². The molecule has 0 atom stereocenters. The number of aromatic nitrogens is 1. The first-order valence-electron chi connectivity index (χ1n) is 5.40. The molecule has 2 nitrogen and oxygen atoms in total. The van der Waals surface area contributed by atoms with Crippen molar-refractivity contribution < 1.29 is 4.79 Å². The molecular formula is C14H10ClNO. The molecule has 0 aliphatic heterocycles. The summed E-state index contributed by atoms with van der Waals surface area (Å²) in [5.41, 5.74) is 2.57. The van der Waals surface area contributed by atoms with Gasteiger partial charge in [-0.3, -0.25) is 4.79 Å². The van der Waals surface area contributed by atoms with Crippen molar-refractivity contribution >= 4 is 39.2 Å². The molecule has 2 aromatic carbocycles. The lowest BCUT2D eigenvalue weighted by atomic mass is 10.1. The number of para-hydroxylation sites is 2. The number of halogens is 1. The van der Waals surface area contributed by atoms with Gasteiger partial charge in [-0.2, -0.15) is 0 Å². The number of Topliss-reactive ketones (excluding diaryl/α,β-unsaturated/α-hetero) is 1. The van der Waals surface area contributed by atoms with Gasteiger partial charge in [-0.15, -0.1) is 11.6 Å². The molecule has 3 rings (SSSR count). The number of aromatic amines is 1. The van der Waals surface area contributed by atoms with Gasteiger partial charge in [-0.05, 0) is 12.1 Å². The first kappa shape index (κ1) is 10.4. The summed E-state index contributed by atoms with van der Waals surface area (Å²) in [6.45, 7) is 0. The Kier molecular flexibility index (Phi) is 2.37. The molecule has 0 bridgehead atoms. The predicted molar refractivity (Wildman–Crippen MR) is 70.9 cm³/mol. The number of hydrogen-bond acceptors (Lipinski definition) is 1. The maximum absolute atomic E-state index is 11.8. The van der Waals surface area contributed by atoms with Gasteiger partial charge in [0, 0.05) is 21.9 Å². The minimum absolute atomic E-state index is 0.00841. The van der Waals surface area contributed by atoms with E-state index in [1.165, 1.54) is 0 Å². The Labute approximate surface area is 103 Å². The number of carbonyl (C=O) groups excluding carboxylic acids is 1. The van der Waals surface area contributed by atoms with E-state index in [0.29, 0.717) is 5.56 Å². The number of alkyl halides is 1. The number of rotatable bonds is 2. The van der Waals surface area contributed by atoms with Crippen molar-refractivity contribution in [3.63, 3.8) is 0 Å². The molecule has 0 saturated carbocycles. The van der Waals surface area contributed by atoms with Gasteiger partial charge in [0.2, 0.25) is 0 Å². The summed E-state index contributed by atoms with van der Waals surface area (Å²) in [5, 5.41) is 2.20. The van der Waals surface area contributed by atoms with Gasteiger partial charge in [-0.1, -0.05) is 30.3 Å². The Morgan fingerprint density at radius 2 is 1.82 bits per heavy atom. The molecule has 3 heteroatoms. The summed E-state index contributed by atoms with van der Waals surface area (Å²) >= 11 is 5.62. The van der Waals surface area contributed by atoms with Crippen LogP contribution < -0.4 is 0 Å². The third kappa shape index (κ3) is 1.53. The van der Waals surface area contributed by atoms with Crippen LogP contribution in [0, 0.1) is 0 Å². The lowest BCUT2D eigenvalue weighted by Gasteiger charge is -1.98. The van der Waals surface area contributed by atoms with Crippen molar-refractivity contribution in [3.05, 3.63) is 48.0 Å². The number of benzene rings is 2. The molecule has 1 aromatic heterocycles. The zero-order valence-corrected chi connectivity index (χ0v) is 9.79. The van der Waals surface area contributed by atoms with Crippen LogP contribution in [0.1, 0.15) is 10.4 Å². The molecule has 1 N–H and O–H groups in total. The molecule has 0 aliphatic rings. The van der Waals surface area contributed by atoms with Crippen LogP contribution in [0.25, 0.3) is 21.8 Å². The highest BCUT2D eigenvalue weighted by Crippen LogP contribution is 2.27. The molecule has 0 radical (unpaired) electrons. The molecule has 0 unspecified atom stereocenters. The number of H-pyrrole nitrogens is 1. The zero-order chi connectivity index (χ0) is 11.8. The number of ketones is 1. The van der Waals surface area contributed by atoms with Crippen molar-refractivity contribution in [2.75, 3.05) is 5.88 Å². The molecule has 1 heterocycles. The average molecular weight is 244 g/mol. The lowest BCUT2D eigenvalue weighted by Crippen LogP contribution is -2.00. The topological polar surface area (TPSA) is 32.9 Å². The van der Waals surface area contributed by atoms with Crippen LogP contribution in [0.15, 0.2) is 42.5 Å². The summed E-state index contributed by atoms with van der Waals surface area (Å²) in [5.74, 6) is -0.0436. The van der Waals surface area contributed by atoms with Crippen molar-refractivity contribution in [2.24, 2.45) is 0 Å². The van der Waals surface area contributed by atoms with E-state index >= 15 is 0 Å². The van der Waals surface area contributed by atoms with E-state index < -0.39 is 0 Å². The van der Waals surface area contributed by atoms with Crippen molar-refractivity contribution in [2.45, 2.75) is 0 Å². The Morgan fingerprint density at radius 1 is 1.06 bits per heavy atom. The van der Waals surface area contributed by atoms with Crippen molar-refractivity contribution in [3.8, 4) is 0 Å². The van der Waals surface area contributed by atoms with Gasteiger partial charge in [0.05, 0.1) is 11.4 Å². The van der Waals surface area contributed by atoms with Gasteiger partial charge in [-0.25, -0.2) is 0 Å². The number of carbonyl (C=O) groups is 1. The second-order valence-electron chi connectivity index (χ2n) is 3.96. The Balaban J connectivity index is 2.43. The fraction of sp³-hybridized carbons (Fsp3) is 0.0714. The average Bonchev–Trinajstić information content (AvgIpc) is 2.76. The standard InChI is InChI=1S/C14H10ClNO/c15-8-13(17)11-6-3-5-10-9-4-1-2-7-12(9)16-14(10)11/h1-7,16H,8H2. The molecule has 17 heavy (non-hydrogen) atoms. The first-order valence-corrected chi connectivity index (χ1v) is 5.93. The van der Waals surface area contributed by atoms with E-state index in [9.17, 15) is 4.79 Å². The minimum Gasteiger partial charge on any atom is -0.354 e. The van der Waals surface area contributed by atoms with Crippen LogP contribution in [0.3, 0.4) is 0 Å². The maximum atomic E-state index is 11.8. The molecule has 84 valence electrons. The van der Waals surface area contributed by atoms with Crippen LogP contribution in [-0.2, 0) is 0 Å². The van der Waals surface area contributed by atoms with Crippen LogP contribution in [0.4, 0.5) is 0 Å². The van der Waals surface area contributed by atoms with Crippen LogP contribution in [0.2, 0.25) is 0 Å². The third-order valence-corrected chi connectivity index (χ3v) is 3.21. The summed E-state index contributed by atoms with van der Waals surface area (Å²) < 4.78 is 0. The van der Waals surface area contributed by atoms with Gasteiger partial charge < -0.3 is 4.98 Å². The fourth-order valence-corrected chi connectivity index (χ4v) is 2.32. The quantitative estimate of drug-likeness (QED) is 0.540. The van der Waals surface area contributed by atoms with E-state index in [-0.39, 0.29) is 11.7 Å².